The molecule has 1 rings (SSSR count). The van der Waals surface area contributed by atoms with Crippen molar-refractivity contribution in [1.29, 1.82) is 0 Å². The number of thioether (sulfide) groups is 1. The summed E-state index contributed by atoms with van der Waals surface area (Å²) in [6.07, 6.45) is -0.670. The van der Waals surface area contributed by atoms with Gasteiger partial charge in [0.05, 0.1) is 10.2 Å². The number of esters is 1. The van der Waals surface area contributed by atoms with Gasteiger partial charge < -0.3 is 20.0 Å². The first-order valence-corrected chi connectivity index (χ1v) is 8.75. The molecule has 146 valence electrons. The molecule has 0 radical (unpaired) electrons. The Morgan fingerprint density at radius 2 is 1.85 bits per heavy atom. The topological polar surface area (TPSA) is 156 Å². The Hall–Kier alpha value is -2.95. The first-order chi connectivity index (χ1) is 12.7. The number of ketones is 1. The molecular formula is C16H17N2O8S-. The molecule has 1 aromatic rings. The van der Waals surface area contributed by atoms with Crippen LogP contribution in [0.3, 0.4) is 0 Å². The molecule has 0 aliphatic heterocycles. The zero-order valence-electron chi connectivity index (χ0n) is 14.3. The number of nitrogens with zero attached hydrogens (tertiary/aromatic N) is 1. The molecule has 0 aliphatic carbocycles. The molecule has 1 N–H and O–H groups in total. The van der Waals surface area contributed by atoms with E-state index < -0.39 is 34.3 Å². The minimum atomic E-state index is -1.50. The lowest BCUT2D eigenvalue weighted by atomic mass is 10.2. The molecule has 0 heterocycles. The zero-order valence-corrected chi connectivity index (χ0v) is 15.2. The maximum absolute atomic E-state index is 12.1. The molecular weight excluding hydrogens is 380 g/mol. The Morgan fingerprint density at radius 3 is 2.37 bits per heavy atom. The molecule has 1 atom stereocenters. The summed E-state index contributed by atoms with van der Waals surface area (Å²) < 4.78 is 4.84. The lowest BCUT2D eigenvalue weighted by Gasteiger charge is -2.15. The summed E-state index contributed by atoms with van der Waals surface area (Å²) in [7, 11) is 0. The fraction of sp³-hybridized carbons (Fsp3) is 0.375. The molecule has 11 heteroatoms. The number of Topliss-reactive ketones (excluding diaryl/α,β-unsaturated/α-hetero) is 1. The van der Waals surface area contributed by atoms with Gasteiger partial charge in [0.2, 0.25) is 5.91 Å². The van der Waals surface area contributed by atoms with Gasteiger partial charge >= 0.3 is 5.97 Å². The van der Waals surface area contributed by atoms with E-state index in [0.29, 0.717) is 5.56 Å². The number of carbonyl (C=O) groups is 4. The average Bonchev–Trinajstić information content (AvgIpc) is 2.61. The van der Waals surface area contributed by atoms with Crippen molar-refractivity contribution < 1.29 is 33.9 Å². The van der Waals surface area contributed by atoms with E-state index in [1.807, 2.05) is 0 Å². The van der Waals surface area contributed by atoms with Gasteiger partial charge in [-0.3, -0.25) is 19.7 Å². The van der Waals surface area contributed by atoms with Crippen LogP contribution in [0, 0.1) is 10.1 Å². The molecule has 0 aliphatic rings. The predicted molar refractivity (Wildman–Crippen MR) is 92.5 cm³/mol. The summed E-state index contributed by atoms with van der Waals surface area (Å²) in [4.78, 5) is 55.6. The first-order valence-electron chi connectivity index (χ1n) is 7.71. The lowest BCUT2D eigenvalue weighted by Crippen LogP contribution is -2.35. The second kappa shape index (κ2) is 10.9. The van der Waals surface area contributed by atoms with Gasteiger partial charge in [0.25, 0.3) is 11.5 Å². The van der Waals surface area contributed by atoms with Gasteiger partial charge in [-0.25, -0.2) is 4.79 Å². The first kappa shape index (κ1) is 22.1. The summed E-state index contributed by atoms with van der Waals surface area (Å²) in [5.41, 5.74) is 0.294. The van der Waals surface area contributed by atoms with Gasteiger partial charge in [0.1, 0.15) is 6.61 Å². The number of benzene rings is 1. The van der Waals surface area contributed by atoms with Gasteiger partial charge in [-0.2, -0.15) is 0 Å². The molecule has 0 spiro atoms. The summed E-state index contributed by atoms with van der Waals surface area (Å²) in [5.74, 6) is -3.80. The molecule has 1 unspecified atom stereocenters. The van der Waals surface area contributed by atoms with E-state index in [9.17, 15) is 34.4 Å². The molecule has 1 amide bonds. The number of hydrogen-bond donors (Lipinski definition) is 1. The van der Waals surface area contributed by atoms with E-state index in [1.165, 1.54) is 31.2 Å². The minimum Gasteiger partial charge on any atom is -0.550 e. The molecule has 0 aromatic heterocycles. The highest BCUT2D eigenvalue weighted by Gasteiger charge is 2.27. The van der Waals surface area contributed by atoms with Crippen molar-refractivity contribution in [1.82, 2.24) is 5.32 Å². The largest absolute Gasteiger partial charge is 0.550 e. The Morgan fingerprint density at radius 1 is 1.22 bits per heavy atom. The third kappa shape index (κ3) is 8.31. The van der Waals surface area contributed by atoms with E-state index >= 15 is 0 Å². The number of nitro groups is 1. The molecule has 0 bridgehead atoms. The Kier molecular flexibility index (Phi) is 8.93. The van der Waals surface area contributed by atoms with Gasteiger partial charge in [-0.15, -0.1) is 11.8 Å². The third-order valence-electron chi connectivity index (χ3n) is 3.16. The monoisotopic (exact) mass is 397 g/mol. The highest BCUT2D eigenvalue weighted by Crippen LogP contribution is 2.17. The van der Waals surface area contributed by atoms with E-state index in [1.54, 1.807) is 0 Å². The summed E-state index contributed by atoms with van der Waals surface area (Å²) >= 11 is 0.894. The van der Waals surface area contributed by atoms with E-state index in [2.05, 4.69) is 5.32 Å². The molecule has 0 saturated carbocycles. The van der Waals surface area contributed by atoms with E-state index in [0.717, 1.165) is 11.8 Å². The number of carboxylic acids is 1. The Balaban J connectivity index is 2.59. The summed E-state index contributed by atoms with van der Waals surface area (Å²) in [6.45, 7) is 1.22. The number of ether oxygens (including phenoxy) is 1. The maximum atomic E-state index is 12.1. The zero-order chi connectivity index (χ0) is 20.4. The van der Waals surface area contributed by atoms with Crippen LogP contribution in [0.2, 0.25) is 0 Å². The van der Waals surface area contributed by atoms with Crippen LogP contribution in [0.4, 0.5) is 5.69 Å². The van der Waals surface area contributed by atoms with Crippen molar-refractivity contribution in [2.75, 3.05) is 12.3 Å². The predicted octanol–water partition coefficient (Wildman–Crippen LogP) is -0.415. The molecule has 10 nitrogen and oxygen atoms in total. The maximum Gasteiger partial charge on any atom is 0.376 e. The number of hydrogen-bond acceptors (Lipinski definition) is 9. The van der Waals surface area contributed by atoms with Crippen molar-refractivity contribution in [3.63, 3.8) is 0 Å². The second-order valence-corrected chi connectivity index (χ2v) is 6.59. The summed E-state index contributed by atoms with van der Waals surface area (Å²) in [6, 6.07) is 5.19. The Labute approximate surface area is 158 Å². The highest BCUT2D eigenvalue weighted by atomic mass is 32.2. The smallest absolute Gasteiger partial charge is 0.376 e. The average molecular weight is 397 g/mol. The fourth-order valence-corrected chi connectivity index (χ4v) is 2.88. The van der Waals surface area contributed by atoms with Crippen LogP contribution in [0.1, 0.15) is 18.9 Å². The number of non-ortho nitro benzene ring substituents is 1. The Bertz CT molecular complexity index is 720. The van der Waals surface area contributed by atoms with Crippen LogP contribution in [-0.2, 0) is 30.5 Å². The van der Waals surface area contributed by atoms with Crippen LogP contribution in [-0.4, -0.2) is 46.1 Å². The van der Waals surface area contributed by atoms with Crippen molar-refractivity contribution in [2.45, 2.75) is 25.2 Å². The molecule has 27 heavy (non-hydrogen) atoms. The lowest BCUT2D eigenvalue weighted by molar-refractivity contribution is -0.384. The van der Waals surface area contributed by atoms with E-state index in [4.69, 9.17) is 4.74 Å². The van der Waals surface area contributed by atoms with Gasteiger partial charge in [-0.05, 0) is 17.7 Å². The number of carbonyl (C=O) groups excluding carboxylic acids is 4. The van der Waals surface area contributed by atoms with E-state index in [-0.39, 0.29) is 30.5 Å². The minimum absolute atomic E-state index is 0.134. The molecule has 0 fully saturated rings. The third-order valence-corrected chi connectivity index (χ3v) is 4.38. The van der Waals surface area contributed by atoms with Crippen molar-refractivity contribution in [3.05, 3.63) is 39.9 Å². The number of carboxylic acid groups (broad SMARTS) is 1. The standard InChI is InChI=1S/C16H18N2O8S/c1-10(19)17-6-7-27-13(8-14(20)21)15(22)16(23)26-9-11-2-4-12(5-3-11)18(24)25/h2-5,13H,6-9H2,1H3,(H,17,19)(H,20,21)/p-1. The van der Waals surface area contributed by atoms with Crippen molar-refractivity contribution >= 4 is 41.1 Å². The normalized spacial score (nSPS) is 11.3. The molecule has 1 aromatic carbocycles. The molecule has 0 saturated heterocycles. The van der Waals surface area contributed by atoms with Gasteiger partial charge in [0.15, 0.2) is 0 Å². The van der Waals surface area contributed by atoms with Crippen LogP contribution in [0.25, 0.3) is 0 Å². The number of rotatable bonds is 11. The van der Waals surface area contributed by atoms with Gasteiger partial charge in [-0.1, -0.05) is 0 Å². The fourth-order valence-electron chi connectivity index (χ4n) is 1.87. The second-order valence-electron chi connectivity index (χ2n) is 5.28. The summed E-state index contributed by atoms with van der Waals surface area (Å²) in [5, 5.41) is 22.6. The van der Waals surface area contributed by atoms with Crippen molar-refractivity contribution in [3.8, 4) is 0 Å². The number of amides is 1. The SMILES string of the molecule is CC(=O)NCCSC(CC(=O)[O-])C(=O)C(=O)OCc1ccc([N+](=O)[O-])cc1. The van der Waals surface area contributed by atoms with Crippen LogP contribution < -0.4 is 10.4 Å². The van der Waals surface area contributed by atoms with Crippen LogP contribution in [0.5, 0.6) is 0 Å². The van der Waals surface area contributed by atoms with Crippen LogP contribution >= 0.6 is 11.8 Å². The number of nitrogens with one attached hydrogen (secondary N) is 1. The number of nitro benzene ring substituents is 1. The quantitative estimate of drug-likeness (QED) is 0.172. The van der Waals surface area contributed by atoms with Crippen molar-refractivity contribution in [2.24, 2.45) is 0 Å². The number of aliphatic carboxylic acids is 1. The van der Waals surface area contributed by atoms with Crippen LogP contribution in [0.15, 0.2) is 24.3 Å². The van der Waals surface area contributed by atoms with Gasteiger partial charge in [0, 0.05) is 43.7 Å². The highest BCUT2D eigenvalue weighted by molar-refractivity contribution is 8.00.